The molecule has 2 bridgehead atoms. The highest BCUT2D eigenvalue weighted by molar-refractivity contribution is 5.97. The van der Waals surface area contributed by atoms with E-state index in [1.165, 1.54) is 7.11 Å². The zero-order valence-corrected chi connectivity index (χ0v) is 15.2. The third-order valence-corrected chi connectivity index (χ3v) is 5.37. The second-order valence-corrected chi connectivity index (χ2v) is 7.78. The number of carbonyl (C=O) groups is 1. The van der Waals surface area contributed by atoms with E-state index in [1.807, 2.05) is 36.9 Å². The van der Waals surface area contributed by atoms with Gasteiger partial charge in [-0.15, -0.1) is 0 Å². The molecule has 1 aliphatic carbocycles. The van der Waals surface area contributed by atoms with Gasteiger partial charge in [-0.05, 0) is 39.7 Å². The zero-order chi connectivity index (χ0) is 17.8. The highest BCUT2D eigenvalue weighted by atomic mass is 16.5. The number of hydrogen-bond donors (Lipinski definition) is 0. The minimum atomic E-state index is -0.402. The summed E-state index contributed by atoms with van der Waals surface area (Å²) in [6, 6.07) is 3.64. The Bertz CT molecular complexity index is 831. The molecule has 1 aromatic carbocycles. The molecule has 134 valence electrons. The van der Waals surface area contributed by atoms with Crippen molar-refractivity contribution >= 4 is 16.9 Å². The molecule has 0 unspecified atom stereocenters. The molecular weight excluding hydrogens is 320 g/mol. The first-order chi connectivity index (χ1) is 11.8. The van der Waals surface area contributed by atoms with Crippen molar-refractivity contribution < 1.29 is 19.0 Å². The molecule has 0 spiro atoms. The van der Waals surface area contributed by atoms with Gasteiger partial charge in [0.05, 0.1) is 36.5 Å². The number of benzene rings is 1. The molecule has 2 fully saturated rings. The maximum absolute atomic E-state index is 12.1. The highest BCUT2D eigenvalue weighted by Crippen LogP contribution is 2.51. The molecular formula is C19H24N2O4. The Morgan fingerprint density at radius 1 is 1.36 bits per heavy atom. The molecule has 2 atom stereocenters. The predicted octanol–water partition coefficient (Wildman–Crippen LogP) is 3.28. The smallest absolute Gasteiger partial charge is 0.341 e. The number of hydrogen-bond acceptors (Lipinski definition) is 5. The fourth-order valence-electron chi connectivity index (χ4n) is 4.10. The lowest BCUT2D eigenvalue weighted by Crippen LogP contribution is -2.33. The van der Waals surface area contributed by atoms with Crippen molar-refractivity contribution in [3.63, 3.8) is 0 Å². The normalized spacial score (nSPS) is 28.0. The predicted molar refractivity (Wildman–Crippen MR) is 93.0 cm³/mol. The first-order valence-corrected chi connectivity index (χ1v) is 8.77. The van der Waals surface area contributed by atoms with Crippen LogP contribution in [0.4, 0.5) is 0 Å². The van der Waals surface area contributed by atoms with Crippen molar-refractivity contribution in [2.75, 3.05) is 13.7 Å². The molecule has 6 heteroatoms. The largest absolute Gasteiger partial charge is 0.490 e. The number of carbonyl (C=O) groups excluding carboxylic acids is 1. The number of esters is 1. The van der Waals surface area contributed by atoms with Gasteiger partial charge in [-0.1, -0.05) is 0 Å². The number of fused-ring (bicyclic) bond motifs is 3. The van der Waals surface area contributed by atoms with Crippen molar-refractivity contribution in [2.24, 2.45) is 0 Å². The van der Waals surface area contributed by atoms with E-state index >= 15 is 0 Å². The summed E-state index contributed by atoms with van der Waals surface area (Å²) in [6.45, 7) is 6.72. The molecule has 1 saturated heterocycles. The number of nitrogens with zero attached hydrogens (tertiary/aromatic N) is 2. The van der Waals surface area contributed by atoms with Crippen molar-refractivity contribution in [1.29, 1.82) is 0 Å². The summed E-state index contributed by atoms with van der Waals surface area (Å²) in [4.78, 5) is 12.1. The van der Waals surface area contributed by atoms with Gasteiger partial charge in [0.2, 0.25) is 0 Å². The van der Waals surface area contributed by atoms with Crippen LogP contribution >= 0.6 is 0 Å². The fourth-order valence-corrected chi connectivity index (χ4v) is 4.10. The number of rotatable bonds is 4. The first-order valence-electron chi connectivity index (χ1n) is 8.77. The van der Waals surface area contributed by atoms with Crippen LogP contribution in [-0.2, 0) is 15.0 Å². The summed E-state index contributed by atoms with van der Waals surface area (Å²) >= 11 is 0. The van der Waals surface area contributed by atoms with Crippen molar-refractivity contribution in [1.82, 2.24) is 9.78 Å². The zero-order valence-electron chi connectivity index (χ0n) is 15.2. The minimum Gasteiger partial charge on any atom is -0.490 e. The van der Waals surface area contributed by atoms with E-state index in [1.54, 1.807) is 0 Å². The van der Waals surface area contributed by atoms with Gasteiger partial charge in [-0.25, -0.2) is 4.79 Å². The third kappa shape index (κ3) is 2.59. The number of ether oxygens (including phenoxy) is 3. The Morgan fingerprint density at radius 3 is 2.72 bits per heavy atom. The van der Waals surface area contributed by atoms with Gasteiger partial charge >= 0.3 is 5.97 Å². The molecule has 0 amide bonds. The standard InChI is InChI=1S/C19H24N2O4/c1-12(2)25-16-8-15-13(7-14(16)17(22)23-4)9-21(20-15)19-6-5-18(3,10-19)24-11-19/h7-9,12H,5-6,10-11H2,1-4H3/t18-,19-/m0/s1. The van der Waals surface area contributed by atoms with Crippen LogP contribution in [0.25, 0.3) is 10.9 Å². The molecule has 6 nitrogen and oxygen atoms in total. The van der Waals surface area contributed by atoms with E-state index in [-0.39, 0.29) is 17.2 Å². The van der Waals surface area contributed by atoms with Gasteiger partial charge in [-0.3, -0.25) is 4.68 Å². The monoisotopic (exact) mass is 344 g/mol. The highest BCUT2D eigenvalue weighted by Gasteiger charge is 2.54. The van der Waals surface area contributed by atoms with Gasteiger partial charge in [0.1, 0.15) is 11.3 Å². The Morgan fingerprint density at radius 2 is 2.16 bits per heavy atom. The average Bonchev–Trinajstić information content (AvgIpc) is 3.23. The molecule has 2 heterocycles. The van der Waals surface area contributed by atoms with E-state index in [0.717, 1.165) is 30.2 Å². The number of methoxy groups -OCH3 is 1. The van der Waals surface area contributed by atoms with Crippen molar-refractivity contribution in [2.45, 2.75) is 57.3 Å². The quantitative estimate of drug-likeness (QED) is 0.797. The van der Waals surface area contributed by atoms with Crippen LogP contribution in [0.3, 0.4) is 0 Å². The summed E-state index contributed by atoms with van der Waals surface area (Å²) in [5.74, 6) is 0.108. The lowest BCUT2D eigenvalue weighted by atomic mass is 9.99. The second-order valence-electron chi connectivity index (χ2n) is 7.78. The van der Waals surface area contributed by atoms with E-state index in [2.05, 4.69) is 6.92 Å². The van der Waals surface area contributed by atoms with Gasteiger partial charge < -0.3 is 14.2 Å². The third-order valence-electron chi connectivity index (χ3n) is 5.37. The molecule has 4 rings (SSSR count). The lowest BCUT2D eigenvalue weighted by molar-refractivity contribution is -0.0149. The SMILES string of the molecule is COC(=O)c1cc2cn([C@@]34CC[C@@](C)(C3)OC4)nc2cc1OC(C)C. The number of aromatic nitrogens is 2. The van der Waals surface area contributed by atoms with E-state index in [0.29, 0.717) is 17.9 Å². The molecule has 1 aromatic heterocycles. The fraction of sp³-hybridized carbons (Fsp3) is 0.579. The molecule has 0 radical (unpaired) electrons. The van der Waals surface area contributed by atoms with Crippen molar-refractivity contribution in [3.05, 3.63) is 23.9 Å². The molecule has 2 aromatic rings. The van der Waals surface area contributed by atoms with Crippen LogP contribution in [-0.4, -0.2) is 41.2 Å². The van der Waals surface area contributed by atoms with E-state index in [4.69, 9.17) is 19.3 Å². The van der Waals surface area contributed by atoms with Crippen LogP contribution < -0.4 is 4.74 Å². The molecule has 2 aliphatic rings. The van der Waals surface area contributed by atoms with Crippen LogP contribution in [0.5, 0.6) is 5.75 Å². The summed E-state index contributed by atoms with van der Waals surface area (Å²) in [5, 5.41) is 5.70. The Kier molecular flexibility index (Phi) is 3.58. The summed E-state index contributed by atoms with van der Waals surface area (Å²) < 4.78 is 18.7. The molecule has 0 N–H and O–H groups in total. The van der Waals surface area contributed by atoms with Crippen LogP contribution in [0, 0.1) is 0 Å². The Balaban J connectivity index is 1.79. The van der Waals surface area contributed by atoms with Gasteiger partial charge in [0.15, 0.2) is 0 Å². The van der Waals surface area contributed by atoms with Crippen LogP contribution in [0.2, 0.25) is 0 Å². The van der Waals surface area contributed by atoms with E-state index < -0.39 is 5.97 Å². The molecule has 1 saturated carbocycles. The van der Waals surface area contributed by atoms with Gasteiger partial charge in [-0.2, -0.15) is 5.10 Å². The summed E-state index contributed by atoms with van der Waals surface area (Å²) in [7, 11) is 1.38. The minimum absolute atomic E-state index is 0.0266. The van der Waals surface area contributed by atoms with Crippen LogP contribution in [0.15, 0.2) is 18.3 Å². The van der Waals surface area contributed by atoms with Crippen LogP contribution in [0.1, 0.15) is 50.4 Å². The molecule has 25 heavy (non-hydrogen) atoms. The Labute approximate surface area is 147 Å². The summed E-state index contributed by atoms with van der Waals surface area (Å²) in [5.41, 5.74) is 1.15. The second kappa shape index (κ2) is 5.46. The topological polar surface area (TPSA) is 62.6 Å². The van der Waals surface area contributed by atoms with Crippen molar-refractivity contribution in [3.8, 4) is 5.75 Å². The first kappa shape index (κ1) is 16.4. The molecule has 1 aliphatic heterocycles. The lowest BCUT2D eigenvalue weighted by Gasteiger charge is -2.26. The maximum Gasteiger partial charge on any atom is 0.341 e. The maximum atomic E-state index is 12.1. The van der Waals surface area contributed by atoms with Gasteiger partial charge in [0.25, 0.3) is 0 Å². The Hall–Kier alpha value is -2.08. The van der Waals surface area contributed by atoms with Gasteiger partial charge in [0, 0.05) is 24.1 Å². The summed E-state index contributed by atoms with van der Waals surface area (Å²) in [6.07, 6.45) is 5.07. The van der Waals surface area contributed by atoms with E-state index in [9.17, 15) is 4.79 Å². The average molecular weight is 344 g/mol.